The van der Waals surface area contributed by atoms with Gasteiger partial charge in [0.1, 0.15) is 0 Å². The van der Waals surface area contributed by atoms with Gasteiger partial charge in [-0.1, -0.05) is 77.5 Å². The zero-order valence-corrected chi connectivity index (χ0v) is 12.0. The summed E-state index contributed by atoms with van der Waals surface area (Å²) in [5.74, 6) is 0.509. The molecule has 0 fully saturated rings. The summed E-state index contributed by atoms with van der Waals surface area (Å²) in [7, 11) is 0. The van der Waals surface area contributed by atoms with Crippen LogP contribution in [0.4, 0.5) is 0 Å². The lowest BCUT2D eigenvalue weighted by atomic mass is 9.77. The number of allylic oxidation sites excluding steroid dienone is 8. The first-order valence-corrected chi connectivity index (χ1v) is 6.53. The molecule has 0 spiro atoms. The number of hydrogen-bond donors (Lipinski definition) is 0. The normalized spacial score (nSPS) is 24.1. The third-order valence-corrected chi connectivity index (χ3v) is 3.65. The molecule has 2 rings (SSSR count). The highest BCUT2D eigenvalue weighted by molar-refractivity contribution is 5.55. The minimum absolute atomic E-state index is 0.232. The van der Waals surface area contributed by atoms with E-state index in [9.17, 15) is 0 Å². The number of hydrogen-bond acceptors (Lipinski definition) is 0. The zero-order valence-electron chi connectivity index (χ0n) is 12.0. The molecule has 1 unspecified atom stereocenters. The van der Waals surface area contributed by atoms with Gasteiger partial charge in [-0.2, -0.15) is 0 Å². The van der Waals surface area contributed by atoms with E-state index in [1.54, 1.807) is 5.57 Å². The van der Waals surface area contributed by atoms with Crippen molar-refractivity contribution < 1.29 is 0 Å². The van der Waals surface area contributed by atoms with Crippen molar-refractivity contribution in [2.24, 2.45) is 16.7 Å². The Kier molecular flexibility index (Phi) is 2.72. The summed E-state index contributed by atoms with van der Waals surface area (Å²) in [6.45, 7) is 13.9. The molecule has 2 aliphatic rings. The first kappa shape index (κ1) is 12.4. The summed E-state index contributed by atoms with van der Waals surface area (Å²) < 4.78 is 0. The van der Waals surface area contributed by atoms with Crippen LogP contribution in [0.25, 0.3) is 0 Å². The van der Waals surface area contributed by atoms with E-state index < -0.39 is 0 Å². The Labute approximate surface area is 106 Å². The van der Waals surface area contributed by atoms with Crippen LogP contribution in [0.3, 0.4) is 0 Å². The smallest absolute Gasteiger partial charge is 0.0242 e. The summed E-state index contributed by atoms with van der Waals surface area (Å²) >= 11 is 0. The lowest BCUT2D eigenvalue weighted by molar-refractivity contribution is 0.473. The van der Waals surface area contributed by atoms with Gasteiger partial charge in [-0.05, 0) is 22.0 Å². The lowest BCUT2D eigenvalue weighted by Crippen LogP contribution is -2.16. The predicted molar refractivity (Wildman–Crippen MR) is 75.8 cm³/mol. The van der Waals surface area contributed by atoms with E-state index in [0.29, 0.717) is 5.92 Å². The molecular weight excluding hydrogens is 204 g/mol. The van der Waals surface area contributed by atoms with Crippen molar-refractivity contribution in [1.82, 2.24) is 0 Å². The highest BCUT2D eigenvalue weighted by atomic mass is 14.4. The molecule has 0 saturated carbocycles. The molecule has 17 heavy (non-hydrogen) atoms. The SMILES string of the molecule is CC(C)(C)C1=CC(C(C)(C)C)=C2C=CC=CC12. The summed E-state index contributed by atoms with van der Waals surface area (Å²) in [6, 6.07) is 0. The summed E-state index contributed by atoms with van der Waals surface area (Å²) in [4.78, 5) is 0. The first-order valence-electron chi connectivity index (χ1n) is 6.53. The van der Waals surface area contributed by atoms with Gasteiger partial charge in [-0.3, -0.25) is 0 Å². The second kappa shape index (κ2) is 3.73. The molecule has 0 N–H and O–H groups in total. The van der Waals surface area contributed by atoms with Gasteiger partial charge < -0.3 is 0 Å². The largest absolute Gasteiger partial charge is 0.0729 e. The predicted octanol–water partition coefficient (Wildman–Crippen LogP) is 5.06. The highest BCUT2D eigenvalue weighted by Crippen LogP contribution is 2.48. The van der Waals surface area contributed by atoms with Gasteiger partial charge in [0, 0.05) is 5.92 Å². The van der Waals surface area contributed by atoms with Gasteiger partial charge in [-0.15, -0.1) is 0 Å². The maximum Gasteiger partial charge on any atom is 0.0242 e. The summed E-state index contributed by atoms with van der Waals surface area (Å²) in [5.41, 5.74) is 5.05. The quantitative estimate of drug-likeness (QED) is 0.544. The van der Waals surface area contributed by atoms with Gasteiger partial charge >= 0.3 is 0 Å². The maximum absolute atomic E-state index is 2.44. The molecule has 2 aliphatic carbocycles. The van der Waals surface area contributed by atoms with Crippen molar-refractivity contribution in [2.45, 2.75) is 41.5 Å². The van der Waals surface area contributed by atoms with Gasteiger partial charge in [0.15, 0.2) is 0 Å². The fraction of sp³-hybridized carbons (Fsp3) is 0.529. The minimum Gasteiger partial charge on any atom is -0.0729 e. The molecule has 0 bridgehead atoms. The summed E-state index contributed by atoms with van der Waals surface area (Å²) in [5, 5.41) is 0. The third-order valence-electron chi connectivity index (χ3n) is 3.65. The Hall–Kier alpha value is -1.04. The molecule has 0 saturated heterocycles. The minimum atomic E-state index is 0.232. The van der Waals surface area contributed by atoms with Crippen LogP contribution >= 0.6 is 0 Å². The van der Waals surface area contributed by atoms with Crippen LogP contribution in [0.15, 0.2) is 47.1 Å². The van der Waals surface area contributed by atoms with E-state index in [2.05, 4.69) is 71.9 Å². The fourth-order valence-electron chi connectivity index (χ4n) is 2.73. The van der Waals surface area contributed by atoms with E-state index >= 15 is 0 Å². The lowest BCUT2D eigenvalue weighted by Gasteiger charge is -2.27. The molecule has 0 nitrogen and oxygen atoms in total. The molecular formula is C17H24. The Morgan fingerprint density at radius 1 is 0.882 bits per heavy atom. The van der Waals surface area contributed by atoms with Gasteiger partial charge in [-0.25, -0.2) is 0 Å². The molecule has 0 aromatic carbocycles. The van der Waals surface area contributed by atoms with Crippen LogP contribution < -0.4 is 0 Å². The highest BCUT2D eigenvalue weighted by Gasteiger charge is 2.35. The van der Waals surface area contributed by atoms with Crippen molar-refractivity contribution in [3.63, 3.8) is 0 Å². The molecule has 0 aliphatic heterocycles. The molecule has 0 heterocycles. The molecule has 0 radical (unpaired) electrons. The molecule has 0 aromatic rings. The van der Waals surface area contributed by atoms with Gasteiger partial charge in [0.25, 0.3) is 0 Å². The van der Waals surface area contributed by atoms with Crippen molar-refractivity contribution in [2.75, 3.05) is 0 Å². The molecule has 0 heteroatoms. The molecule has 0 amide bonds. The van der Waals surface area contributed by atoms with E-state index in [1.165, 1.54) is 11.1 Å². The van der Waals surface area contributed by atoms with Crippen LogP contribution in [0, 0.1) is 16.7 Å². The summed E-state index contributed by atoms with van der Waals surface area (Å²) in [6.07, 6.45) is 11.4. The number of rotatable bonds is 0. The van der Waals surface area contributed by atoms with Crippen molar-refractivity contribution in [1.29, 1.82) is 0 Å². The number of fused-ring (bicyclic) bond motifs is 1. The van der Waals surface area contributed by atoms with E-state index in [4.69, 9.17) is 0 Å². The Morgan fingerprint density at radius 3 is 2.06 bits per heavy atom. The Morgan fingerprint density at radius 2 is 1.53 bits per heavy atom. The van der Waals surface area contributed by atoms with Gasteiger partial charge in [0.05, 0.1) is 0 Å². The van der Waals surface area contributed by atoms with Crippen molar-refractivity contribution >= 4 is 0 Å². The second-order valence-corrected chi connectivity index (χ2v) is 7.19. The Balaban J connectivity index is 2.52. The third kappa shape index (κ3) is 2.18. The second-order valence-electron chi connectivity index (χ2n) is 7.19. The topological polar surface area (TPSA) is 0 Å². The van der Waals surface area contributed by atoms with Crippen LogP contribution in [-0.2, 0) is 0 Å². The Bertz CT molecular complexity index is 439. The van der Waals surface area contributed by atoms with Crippen LogP contribution in [-0.4, -0.2) is 0 Å². The van der Waals surface area contributed by atoms with E-state index in [0.717, 1.165) is 0 Å². The van der Waals surface area contributed by atoms with Crippen LogP contribution in [0.2, 0.25) is 0 Å². The standard InChI is InChI=1S/C17H24/c1-16(2,3)14-11-15(17(4,5)6)13-10-8-7-9-12(13)14/h7-12H,1-6H3. The molecule has 1 atom stereocenters. The van der Waals surface area contributed by atoms with Gasteiger partial charge in [0.2, 0.25) is 0 Å². The molecule has 92 valence electrons. The van der Waals surface area contributed by atoms with Crippen LogP contribution in [0.5, 0.6) is 0 Å². The van der Waals surface area contributed by atoms with E-state index in [1.807, 2.05) is 0 Å². The first-order chi connectivity index (χ1) is 7.71. The monoisotopic (exact) mass is 228 g/mol. The van der Waals surface area contributed by atoms with E-state index in [-0.39, 0.29) is 10.8 Å². The average Bonchev–Trinajstić information content (AvgIpc) is 2.55. The van der Waals surface area contributed by atoms with Crippen molar-refractivity contribution in [3.05, 3.63) is 47.1 Å². The van der Waals surface area contributed by atoms with Crippen molar-refractivity contribution in [3.8, 4) is 0 Å². The molecule has 0 aromatic heterocycles. The zero-order chi connectivity index (χ0) is 12.8. The van der Waals surface area contributed by atoms with Crippen LogP contribution in [0.1, 0.15) is 41.5 Å². The average molecular weight is 228 g/mol. The fourth-order valence-corrected chi connectivity index (χ4v) is 2.73. The maximum atomic E-state index is 2.44.